The van der Waals surface area contributed by atoms with Gasteiger partial charge in [0.05, 0.1) is 14.4 Å². The Morgan fingerprint density at radius 2 is 2.00 bits per heavy atom. The zero-order valence-electron chi connectivity index (χ0n) is 10.2. The van der Waals surface area contributed by atoms with Crippen LogP contribution in [0, 0.1) is 13.8 Å². The Hall–Kier alpha value is -0.580. The number of thiophene rings is 1. The second kappa shape index (κ2) is 6.04. The maximum Gasteiger partial charge on any atom is 0.183 e. The molecule has 1 nitrogen and oxygen atoms in total. The van der Waals surface area contributed by atoms with Gasteiger partial charge in [0.25, 0.3) is 0 Å². The Labute approximate surface area is 124 Å². The Balaban J connectivity index is 1.99. The standard InChI is InChI=1S/C14H13BrOS2/c1-9-3-4-11(7-10(9)2)17-8-12(16)13-5-6-14(15)18-13/h3-7H,8H2,1-2H3. The third-order valence-electron chi connectivity index (χ3n) is 2.70. The summed E-state index contributed by atoms with van der Waals surface area (Å²) in [4.78, 5) is 13.9. The molecule has 0 fully saturated rings. The lowest BCUT2D eigenvalue weighted by Crippen LogP contribution is -1.99. The normalized spacial score (nSPS) is 10.6. The molecular formula is C14H13BrOS2. The van der Waals surface area contributed by atoms with Crippen LogP contribution in [0.5, 0.6) is 0 Å². The van der Waals surface area contributed by atoms with Crippen LogP contribution < -0.4 is 0 Å². The van der Waals surface area contributed by atoms with E-state index < -0.39 is 0 Å². The lowest BCUT2D eigenvalue weighted by Gasteiger charge is -2.04. The lowest BCUT2D eigenvalue weighted by molar-refractivity contribution is 0.102. The molecule has 4 heteroatoms. The summed E-state index contributed by atoms with van der Waals surface area (Å²) in [6, 6.07) is 10.1. The number of hydrogen-bond donors (Lipinski definition) is 0. The molecule has 0 atom stereocenters. The number of carbonyl (C=O) groups excluding carboxylic acids is 1. The highest BCUT2D eigenvalue weighted by Gasteiger charge is 2.09. The quantitative estimate of drug-likeness (QED) is 0.568. The first kappa shape index (κ1) is 13.8. The fraction of sp³-hybridized carbons (Fsp3) is 0.214. The summed E-state index contributed by atoms with van der Waals surface area (Å²) in [5, 5.41) is 0. The predicted octanol–water partition coefficient (Wildman–Crippen LogP) is 5.10. The van der Waals surface area contributed by atoms with Crippen molar-refractivity contribution in [2.45, 2.75) is 18.7 Å². The number of halogens is 1. The number of carbonyl (C=O) groups is 1. The van der Waals surface area contributed by atoms with Crippen LogP contribution in [0.3, 0.4) is 0 Å². The van der Waals surface area contributed by atoms with Crippen molar-refractivity contribution in [2.24, 2.45) is 0 Å². The predicted molar refractivity (Wildman–Crippen MR) is 83.0 cm³/mol. The summed E-state index contributed by atoms with van der Waals surface area (Å²) in [5.41, 5.74) is 2.55. The van der Waals surface area contributed by atoms with Gasteiger partial charge >= 0.3 is 0 Å². The molecule has 2 aromatic rings. The number of aryl methyl sites for hydroxylation is 2. The van der Waals surface area contributed by atoms with Crippen molar-refractivity contribution in [1.29, 1.82) is 0 Å². The van der Waals surface area contributed by atoms with Gasteiger partial charge in [-0.05, 0) is 65.2 Å². The molecule has 0 radical (unpaired) electrons. The van der Waals surface area contributed by atoms with Gasteiger partial charge in [0.2, 0.25) is 0 Å². The topological polar surface area (TPSA) is 17.1 Å². The van der Waals surface area contributed by atoms with Crippen LogP contribution in [0.1, 0.15) is 20.8 Å². The van der Waals surface area contributed by atoms with Crippen LogP contribution in [-0.2, 0) is 0 Å². The molecule has 0 saturated heterocycles. The molecule has 18 heavy (non-hydrogen) atoms. The zero-order valence-corrected chi connectivity index (χ0v) is 13.4. The first-order chi connectivity index (χ1) is 8.56. The minimum atomic E-state index is 0.189. The fourth-order valence-electron chi connectivity index (χ4n) is 1.49. The van der Waals surface area contributed by atoms with Gasteiger partial charge in [-0.1, -0.05) is 6.07 Å². The molecular weight excluding hydrogens is 328 g/mol. The monoisotopic (exact) mass is 340 g/mol. The van der Waals surface area contributed by atoms with Crippen LogP contribution in [0.4, 0.5) is 0 Å². The Morgan fingerprint density at radius 1 is 1.22 bits per heavy atom. The third kappa shape index (κ3) is 3.46. The molecule has 0 unspecified atom stereocenters. The van der Waals surface area contributed by atoms with E-state index in [9.17, 15) is 4.79 Å². The summed E-state index contributed by atoms with van der Waals surface area (Å²) < 4.78 is 1.00. The summed E-state index contributed by atoms with van der Waals surface area (Å²) >= 11 is 6.46. The van der Waals surface area contributed by atoms with Crippen LogP contribution in [0.15, 0.2) is 39.0 Å². The minimum absolute atomic E-state index is 0.189. The van der Waals surface area contributed by atoms with Gasteiger partial charge in [-0.25, -0.2) is 0 Å². The molecule has 1 aromatic carbocycles. The molecule has 0 aliphatic rings. The molecule has 1 heterocycles. The molecule has 0 aliphatic heterocycles. The van der Waals surface area contributed by atoms with Crippen LogP contribution in [0.2, 0.25) is 0 Å². The lowest BCUT2D eigenvalue weighted by atomic mass is 10.1. The molecule has 0 saturated carbocycles. The van der Waals surface area contributed by atoms with E-state index in [-0.39, 0.29) is 5.78 Å². The van der Waals surface area contributed by atoms with Gasteiger partial charge in [-0.15, -0.1) is 23.1 Å². The highest BCUT2D eigenvalue weighted by molar-refractivity contribution is 9.11. The molecule has 94 valence electrons. The fourth-order valence-corrected chi connectivity index (χ4v) is 3.78. The number of hydrogen-bond acceptors (Lipinski definition) is 3. The maximum atomic E-state index is 12.0. The zero-order chi connectivity index (χ0) is 13.1. The van der Waals surface area contributed by atoms with Crippen LogP contribution in [-0.4, -0.2) is 11.5 Å². The Morgan fingerprint density at radius 3 is 2.61 bits per heavy atom. The molecule has 0 aliphatic carbocycles. The molecule has 1 aromatic heterocycles. The number of rotatable bonds is 4. The van der Waals surface area contributed by atoms with E-state index in [1.165, 1.54) is 22.5 Å². The summed E-state index contributed by atoms with van der Waals surface area (Å²) in [6.07, 6.45) is 0. The van der Waals surface area contributed by atoms with E-state index in [2.05, 4.69) is 48.0 Å². The molecule has 0 bridgehead atoms. The van der Waals surface area contributed by atoms with Crippen molar-refractivity contribution in [3.8, 4) is 0 Å². The maximum absolute atomic E-state index is 12.0. The van der Waals surface area contributed by atoms with Crippen molar-refractivity contribution in [2.75, 3.05) is 5.75 Å². The number of thioether (sulfide) groups is 1. The number of benzene rings is 1. The van der Waals surface area contributed by atoms with Gasteiger partial charge in [-0.2, -0.15) is 0 Å². The van der Waals surface area contributed by atoms with Gasteiger partial charge in [0.1, 0.15) is 0 Å². The van der Waals surface area contributed by atoms with Gasteiger partial charge in [-0.3, -0.25) is 4.79 Å². The van der Waals surface area contributed by atoms with Crippen molar-refractivity contribution in [1.82, 2.24) is 0 Å². The van der Waals surface area contributed by atoms with E-state index in [0.717, 1.165) is 13.6 Å². The second-order valence-corrected chi connectivity index (χ2v) is 7.57. The van der Waals surface area contributed by atoms with E-state index in [1.807, 2.05) is 12.1 Å². The second-order valence-electron chi connectivity index (χ2n) is 4.06. The van der Waals surface area contributed by atoms with Gasteiger partial charge in [0, 0.05) is 4.90 Å². The van der Waals surface area contributed by atoms with Crippen molar-refractivity contribution < 1.29 is 4.79 Å². The minimum Gasteiger partial charge on any atom is -0.292 e. The number of ketones is 1. The SMILES string of the molecule is Cc1ccc(SCC(=O)c2ccc(Br)s2)cc1C. The average molecular weight is 341 g/mol. The highest BCUT2D eigenvalue weighted by Crippen LogP contribution is 2.26. The summed E-state index contributed by atoms with van der Waals surface area (Å²) in [5.74, 6) is 0.684. The molecule has 0 N–H and O–H groups in total. The highest BCUT2D eigenvalue weighted by atomic mass is 79.9. The van der Waals surface area contributed by atoms with Gasteiger partial charge < -0.3 is 0 Å². The third-order valence-corrected chi connectivity index (χ3v) is 5.35. The Kier molecular flexibility index (Phi) is 4.65. The van der Waals surface area contributed by atoms with Crippen LogP contribution >= 0.6 is 39.0 Å². The average Bonchev–Trinajstić information content (AvgIpc) is 2.77. The summed E-state index contributed by atoms with van der Waals surface area (Å²) in [7, 11) is 0. The first-order valence-electron chi connectivity index (χ1n) is 5.55. The molecule has 0 amide bonds. The van der Waals surface area contributed by atoms with Gasteiger partial charge in [0.15, 0.2) is 5.78 Å². The summed E-state index contributed by atoms with van der Waals surface area (Å²) in [6.45, 7) is 4.19. The van der Waals surface area contributed by atoms with Crippen molar-refractivity contribution >= 4 is 44.8 Å². The van der Waals surface area contributed by atoms with Crippen LogP contribution in [0.25, 0.3) is 0 Å². The smallest absolute Gasteiger partial charge is 0.183 e. The molecule has 0 spiro atoms. The van der Waals surface area contributed by atoms with E-state index in [4.69, 9.17) is 0 Å². The van der Waals surface area contributed by atoms with Crippen molar-refractivity contribution in [3.05, 3.63) is 50.1 Å². The Bertz CT molecular complexity index is 575. The van der Waals surface area contributed by atoms with Crippen molar-refractivity contribution in [3.63, 3.8) is 0 Å². The van der Waals surface area contributed by atoms with E-state index in [1.54, 1.807) is 11.8 Å². The first-order valence-corrected chi connectivity index (χ1v) is 8.14. The number of Topliss-reactive ketones (excluding diaryl/α,β-unsaturated/α-hetero) is 1. The van der Waals surface area contributed by atoms with E-state index >= 15 is 0 Å². The largest absolute Gasteiger partial charge is 0.292 e. The van der Waals surface area contributed by atoms with E-state index in [0.29, 0.717) is 5.75 Å². The molecule has 2 rings (SSSR count).